The van der Waals surface area contributed by atoms with Crippen LogP contribution in [0, 0.1) is 5.41 Å². The highest BCUT2D eigenvalue weighted by Crippen LogP contribution is 2.27. The maximum absolute atomic E-state index is 11.4. The second-order valence-electron chi connectivity index (χ2n) is 7.61. The first-order valence-corrected chi connectivity index (χ1v) is 10.2. The van der Waals surface area contributed by atoms with E-state index in [0.29, 0.717) is 19.4 Å². The molecule has 0 unspecified atom stereocenters. The summed E-state index contributed by atoms with van der Waals surface area (Å²) < 4.78 is 7.49. The molecule has 6 nitrogen and oxygen atoms in total. The molecule has 0 aromatic heterocycles. The van der Waals surface area contributed by atoms with Gasteiger partial charge >= 0.3 is 5.97 Å². The zero-order valence-corrected chi connectivity index (χ0v) is 17.9. The zero-order valence-electron chi connectivity index (χ0n) is 17.1. The highest BCUT2D eigenvalue weighted by atomic mass is 32.2. The summed E-state index contributed by atoms with van der Waals surface area (Å²) in [5.74, 6) is -0.498. The van der Waals surface area contributed by atoms with Gasteiger partial charge < -0.3 is 20.3 Å². The van der Waals surface area contributed by atoms with Crippen LogP contribution in [-0.4, -0.2) is 34.8 Å². The average molecular weight is 399 g/mol. The number of fused-ring (bicyclic) bond motifs is 1. The number of hydrogen-bond acceptors (Lipinski definition) is 5. The molecule has 27 heavy (non-hydrogen) atoms. The fourth-order valence-corrected chi connectivity index (χ4v) is 2.61. The van der Waals surface area contributed by atoms with Crippen molar-refractivity contribution >= 4 is 29.6 Å². The van der Waals surface area contributed by atoms with Crippen molar-refractivity contribution in [3.63, 3.8) is 0 Å². The average Bonchev–Trinajstić information content (AvgIpc) is 2.58. The molecule has 0 bridgehead atoms. The maximum atomic E-state index is 11.4. The van der Waals surface area contributed by atoms with E-state index in [2.05, 4.69) is 26.8 Å². The number of anilines is 1. The summed E-state index contributed by atoms with van der Waals surface area (Å²) in [5, 5.41) is 8.31. The van der Waals surface area contributed by atoms with Gasteiger partial charge in [-0.3, -0.25) is 9.59 Å². The van der Waals surface area contributed by atoms with Gasteiger partial charge in [0.05, 0.1) is 0 Å². The number of carbonyl (C=O) groups is 2. The van der Waals surface area contributed by atoms with Gasteiger partial charge in [-0.25, -0.2) is 0 Å². The Hall–Kier alpha value is -1.57. The fourth-order valence-electron chi connectivity index (χ4n) is 2.61. The molecule has 1 aromatic carbocycles. The lowest BCUT2D eigenvalue weighted by molar-refractivity contribution is -0.137. The molecule has 1 heterocycles. The monoisotopic (exact) mass is 398 g/mol. The first-order valence-electron chi connectivity index (χ1n) is 9.03. The number of nitrogens with two attached hydrogens (primary N) is 1. The van der Waals surface area contributed by atoms with Gasteiger partial charge in [-0.2, -0.15) is 0 Å². The smallest absolute Gasteiger partial charge is 0.303 e. The van der Waals surface area contributed by atoms with Crippen molar-refractivity contribution < 1.29 is 19.2 Å². The van der Waals surface area contributed by atoms with Crippen LogP contribution in [0.15, 0.2) is 18.2 Å². The molecule has 0 saturated heterocycles. The summed E-state index contributed by atoms with van der Waals surface area (Å²) in [4.78, 5) is 23.2. The highest BCUT2D eigenvalue weighted by Gasteiger charge is 2.20. The fraction of sp³-hybridized carbons (Fsp3) is 0.600. The number of carboxylic acid groups (broad SMARTS) is 1. The molecular formula is C20H34N2O4S. The summed E-state index contributed by atoms with van der Waals surface area (Å²) in [7, 11) is 1.82. The lowest BCUT2D eigenvalue weighted by atomic mass is 9.90. The van der Waals surface area contributed by atoms with Crippen molar-refractivity contribution in [2.24, 2.45) is 11.1 Å². The van der Waals surface area contributed by atoms with E-state index in [0.717, 1.165) is 42.6 Å². The van der Waals surface area contributed by atoms with Crippen LogP contribution in [0.5, 0.6) is 0 Å². The van der Waals surface area contributed by atoms with Crippen LogP contribution in [0.1, 0.15) is 57.6 Å². The molecule has 0 radical (unpaired) electrons. The van der Waals surface area contributed by atoms with Gasteiger partial charge in [0.25, 0.3) is 0 Å². The number of amides is 1. The second-order valence-corrected chi connectivity index (χ2v) is 7.98. The topological polar surface area (TPSA) is 104 Å². The van der Waals surface area contributed by atoms with Crippen LogP contribution in [0.3, 0.4) is 0 Å². The molecule has 7 heteroatoms. The third-order valence-electron chi connectivity index (χ3n) is 4.04. The highest BCUT2D eigenvalue weighted by molar-refractivity contribution is 7.93. The Kier molecular flexibility index (Phi) is 12.0. The van der Waals surface area contributed by atoms with E-state index in [4.69, 9.17) is 15.4 Å². The molecule has 0 spiro atoms. The van der Waals surface area contributed by atoms with Crippen molar-refractivity contribution in [3.05, 3.63) is 29.3 Å². The van der Waals surface area contributed by atoms with Crippen LogP contribution >= 0.6 is 12.0 Å². The van der Waals surface area contributed by atoms with Gasteiger partial charge in [0.1, 0.15) is 0 Å². The number of aryl methyl sites for hydroxylation is 1. The predicted molar refractivity (Wildman–Crippen MR) is 113 cm³/mol. The van der Waals surface area contributed by atoms with Gasteiger partial charge in [0.15, 0.2) is 0 Å². The summed E-state index contributed by atoms with van der Waals surface area (Å²) in [6, 6.07) is 6.06. The Morgan fingerprint density at radius 1 is 1.30 bits per heavy atom. The van der Waals surface area contributed by atoms with Crippen molar-refractivity contribution in [2.45, 2.75) is 59.4 Å². The molecule has 1 amide bonds. The van der Waals surface area contributed by atoms with E-state index < -0.39 is 5.97 Å². The van der Waals surface area contributed by atoms with Gasteiger partial charge in [0, 0.05) is 38.4 Å². The van der Waals surface area contributed by atoms with E-state index in [1.165, 1.54) is 5.56 Å². The quantitative estimate of drug-likeness (QED) is 0.658. The lowest BCUT2D eigenvalue weighted by Crippen LogP contribution is -2.31. The van der Waals surface area contributed by atoms with Crippen LogP contribution in [0.2, 0.25) is 0 Å². The molecule has 0 aliphatic carbocycles. The van der Waals surface area contributed by atoms with Gasteiger partial charge in [-0.05, 0) is 53.9 Å². The minimum Gasteiger partial charge on any atom is -0.481 e. The number of benzene rings is 1. The van der Waals surface area contributed by atoms with Crippen LogP contribution in [0.4, 0.5) is 5.69 Å². The minimum atomic E-state index is -0.691. The molecule has 154 valence electrons. The number of aliphatic carboxylic acids is 1. The van der Waals surface area contributed by atoms with E-state index in [1.54, 1.807) is 11.2 Å². The van der Waals surface area contributed by atoms with Crippen LogP contribution < -0.4 is 10.6 Å². The number of hydrogen-bond donors (Lipinski definition) is 3. The molecule has 1 aliphatic heterocycles. The summed E-state index contributed by atoms with van der Waals surface area (Å²) >= 11 is 0.750. The number of rotatable bonds is 4. The Morgan fingerprint density at radius 2 is 1.89 bits per heavy atom. The molecule has 4 N–H and O–H groups in total. The molecular weight excluding hydrogens is 364 g/mol. The zero-order chi connectivity index (χ0) is 21.0. The Bertz CT molecular complexity index is 600. The SMILES string of the molecule is CC(C)(C)CCCC(=O)O.CN1C(=O)CCc2cc(CN)ccc21.CSO. The minimum absolute atomic E-state index is 0.193. The van der Waals surface area contributed by atoms with Crippen LogP contribution in [-0.2, 0) is 22.6 Å². The molecule has 2 rings (SSSR count). The van der Waals surface area contributed by atoms with Crippen LogP contribution in [0.25, 0.3) is 0 Å². The molecule has 0 atom stereocenters. The molecule has 0 fully saturated rings. The molecule has 1 aromatic rings. The van der Waals surface area contributed by atoms with Crippen molar-refractivity contribution in [3.8, 4) is 0 Å². The Morgan fingerprint density at radius 3 is 2.37 bits per heavy atom. The van der Waals surface area contributed by atoms with E-state index in [9.17, 15) is 9.59 Å². The molecule has 1 aliphatic rings. The normalized spacial score (nSPS) is 13.0. The number of carboxylic acids is 1. The Balaban J connectivity index is 0.000000459. The predicted octanol–water partition coefficient (Wildman–Crippen LogP) is 4.16. The van der Waals surface area contributed by atoms with Crippen molar-refractivity contribution in [1.82, 2.24) is 0 Å². The standard InChI is InChI=1S/C11H14N2O.C8H16O2.CH4OS/c1-13-10-4-2-8(7-12)6-9(10)3-5-11(13)14;1-8(2,3)6-4-5-7(9)10;1-3-2/h2,4,6H,3,5,7,12H2,1H3;4-6H2,1-3H3,(H,9,10);2H,1H3. The van der Waals surface area contributed by atoms with Crippen molar-refractivity contribution in [2.75, 3.05) is 18.2 Å². The molecule has 0 saturated carbocycles. The lowest BCUT2D eigenvalue weighted by Gasteiger charge is -2.26. The van der Waals surface area contributed by atoms with Gasteiger partial charge in [-0.1, -0.05) is 32.9 Å². The summed E-state index contributed by atoms with van der Waals surface area (Å²) in [5.41, 5.74) is 9.23. The largest absolute Gasteiger partial charge is 0.481 e. The third kappa shape index (κ3) is 11.0. The Labute approximate surface area is 167 Å². The van der Waals surface area contributed by atoms with Gasteiger partial charge in [0.2, 0.25) is 5.91 Å². The number of carbonyl (C=O) groups excluding carboxylic acids is 1. The summed E-state index contributed by atoms with van der Waals surface area (Å²) in [6.45, 7) is 6.92. The van der Waals surface area contributed by atoms with E-state index in [-0.39, 0.29) is 11.3 Å². The first kappa shape index (κ1) is 25.4. The first-order chi connectivity index (χ1) is 12.6. The van der Waals surface area contributed by atoms with E-state index in [1.807, 2.05) is 19.2 Å². The van der Waals surface area contributed by atoms with Gasteiger partial charge in [-0.15, -0.1) is 0 Å². The third-order valence-corrected chi connectivity index (χ3v) is 4.04. The summed E-state index contributed by atoms with van der Waals surface area (Å²) in [6.07, 6.45) is 5.12. The number of nitrogens with zero attached hydrogens (tertiary/aromatic N) is 1. The second kappa shape index (κ2) is 12.8. The van der Waals surface area contributed by atoms with E-state index >= 15 is 0 Å². The maximum Gasteiger partial charge on any atom is 0.303 e. The van der Waals surface area contributed by atoms with Crippen molar-refractivity contribution in [1.29, 1.82) is 0 Å².